The van der Waals surface area contributed by atoms with E-state index in [0.29, 0.717) is 6.20 Å². The number of H-pyrrole nitrogens is 1. The van der Waals surface area contributed by atoms with E-state index in [-0.39, 0.29) is 0 Å². The Morgan fingerprint density at radius 2 is 2.07 bits per heavy atom. The summed E-state index contributed by atoms with van der Waals surface area (Å²) in [5, 5.41) is 8.41. The number of aromatic nitrogens is 1. The fourth-order valence-electron chi connectivity index (χ4n) is 0.680. The van der Waals surface area contributed by atoms with E-state index in [9.17, 15) is 18.0 Å². The Bertz CT molecular complexity index is 400. The summed E-state index contributed by atoms with van der Waals surface area (Å²) < 4.78 is 38.3. The summed E-state index contributed by atoms with van der Waals surface area (Å²) in [5.41, 5.74) is -1.33. The van der Waals surface area contributed by atoms with Crippen molar-refractivity contribution in [2.24, 2.45) is 0 Å². The van der Waals surface area contributed by atoms with Crippen molar-refractivity contribution in [1.82, 2.24) is 4.98 Å². The van der Waals surface area contributed by atoms with Gasteiger partial charge in [0, 0.05) is 6.20 Å². The van der Waals surface area contributed by atoms with Gasteiger partial charge in [0.1, 0.15) is 0 Å². The molecule has 0 saturated heterocycles. The molecule has 0 aliphatic heterocycles. The van der Waals surface area contributed by atoms with Crippen molar-refractivity contribution in [3.63, 3.8) is 0 Å². The van der Waals surface area contributed by atoms with E-state index >= 15 is 0 Å². The molecule has 0 fully saturated rings. The normalized spacial score (nSPS) is 11.4. The number of hydrogen-bond acceptors (Lipinski definition) is 3. The van der Waals surface area contributed by atoms with Gasteiger partial charge < -0.3 is 14.8 Å². The smallest absolute Gasteiger partial charge is 0.502 e. The summed E-state index contributed by atoms with van der Waals surface area (Å²) in [6, 6.07) is 0. The van der Waals surface area contributed by atoms with Crippen LogP contribution in [0.1, 0.15) is 0 Å². The summed E-state index contributed by atoms with van der Waals surface area (Å²) >= 11 is 5.21. The summed E-state index contributed by atoms with van der Waals surface area (Å²) in [5.74, 6) is -2.09. The molecule has 0 atom stereocenters. The van der Waals surface area contributed by atoms with E-state index in [2.05, 4.69) is 4.74 Å². The molecule has 1 heterocycles. The van der Waals surface area contributed by atoms with Gasteiger partial charge >= 0.3 is 6.36 Å². The molecule has 0 unspecified atom stereocenters. The van der Waals surface area contributed by atoms with E-state index in [1.54, 1.807) is 0 Å². The molecule has 0 bridgehead atoms. The van der Waals surface area contributed by atoms with Gasteiger partial charge in [-0.1, -0.05) is 11.6 Å². The highest BCUT2D eigenvalue weighted by molar-refractivity contribution is 6.30. The van der Waals surface area contributed by atoms with Gasteiger partial charge in [0.25, 0.3) is 5.43 Å². The minimum Gasteiger partial charge on any atom is -0.502 e. The number of ether oxygens (including phenoxy) is 1. The van der Waals surface area contributed by atoms with Gasteiger partial charge in [-0.15, -0.1) is 13.2 Å². The van der Waals surface area contributed by atoms with Crippen molar-refractivity contribution >= 4 is 11.6 Å². The first kappa shape index (κ1) is 10.7. The highest BCUT2D eigenvalue weighted by atomic mass is 35.5. The molecular weight excluding hydrogens is 227 g/mol. The van der Waals surface area contributed by atoms with E-state index in [1.165, 1.54) is 0 Å². The lowest BCUT2D eigenvalue weighted by molar-refractivity contribution is -0.275. The standard InChI is InChI=1S/C6H3ClF3NO3/c7-5-4(13)3(12)2(1-11-5)14-6(8,9)10/h1,13H,(H,11,12). The molecule has 14 heavy (non-hydrogen) atoms. The van der Waals surface area contributed by atoms with Crippen LogP contribution in [-0.4, -0.2) is 16.5 Å². The number of halogens is 4. The van der Waals surface area contributed by atoms with E-state index in [1.807, 2.05) is 4.98 Å². The molecule has 0 saturated carbocycles. The highest BCUT2D eigenvalue weighted by Crippen LogP contribution is 2.23. The van der Waals surface area contributed by atoms with Gasteiger partial charge in [-0.2, -0.15) is 0 Å². The zero-order valence-electron chi connectivity index (χ0n) is 6.35. The molecule has 1 aromatic rings. The zero-order chi connectivity index (χ0) is 10.9. The van der Waals surface area contributed by atoms with Crippen LogP contribution in [0.15, 0.2) is 11.0 Å². The average molecular weight is 230 g/mol. The summed E-state index contributed by atoms with van der Waals surface area (Å²) in [6.07, 6.45) is -4.38. The van der Waals surface area contributed by atoms with Gasteiger partial charge in [0.05, 0.1) is 0 Å². The van der Waals surface area contributed by atoms with Gasteiger partial charge in [0.2, 0.25) is 5.75 Å². The molecule has 0 radical (unpaired) electrons. The largest absolute Gasteiger partial charge is 0.573 e. The number of pyridine rings is 1. The zero-order valence-corrected chi connectivity index (χ0v) is 7.11. The second-order valence-electron chi connectivity index (χ2n) is 2.19. The molecular formula is C6H3ClF3NO3. The summed E-state index contributed by atoms with van der Waals surface area (Å²) in [7, 11) is 0. The lowest BCUT2D eigenvalue weighted by atomic mass is 10.4. The first-order valence-electron chi connectivity index (χ1n) is 3.17. The Hall–Kier alpha value is -1.37. The second kappa shape index (κ2) is 3.41. The summed E-state index contributed by atoms with van der Waals surface area (Å²) in [6.45, 7) is 0. The molecule has 0 aliphatic carbocycles. The average Bonchev–Trinajstić information content (AvgIpc) is 2.04. The van der Waals surface area contributed by atoms with Crippen LogP contribution in [0.25, 0.3) is 0 Å². The minimum absolute atomic E-state index is 0.454. The molecule has 1 aromatic heterocycles. The van der Waals surface area contributed by atoms with E-state index in [4.69, 9.17) is 16.7 Å². The molecule has 0 aromatic carbocycles. The minimum atomic E-state index is -4.99. The van der Waals surface area contributed by atoms with Crippen LogP contribution in [0.2, 0.25) is 5.15 Å². The number of rotatable bonds is 1. The number of aromatic hydroxyl groups is 1. The lowest BCUT2D eigenvalue weighted by Gasteiger charge is -2.07. The van der Waals surface area contributed by atoms with Crippen LogP contribution >= 0.6 is 11.6 Å². The molecule has 2 N–H and O–H groups in total. The molecule has 1 rings (SSSR count). The van der Waals surface area contributed by atoms with Crippen LogP contribution in [-0.2, 0) is 0 Å². The van der Waals surface area contributed by atoms with Crippen molar-refractivity contribution in [3.05, 3.63) is 21.6 Å². The Labute approximate surface area is 79.9 Å². The number of aromatic amines is 1. The SMILES string of the molecule is O=c1c(OC(F)(F)F)c[nH]c(Cl)c1O. The van der Waals surface area contributed by atoms with Gasteiger partial charge in [-0.05, 0) is 0 Å². The van der Waals surface area contributed by atoms with Crippen LogP contribution in [0.3, 0.4) is 0 Å². The molecule has 8 heteroatoms. The topological polar surface area (TPSA) is 62.3 Å². The third-order valence-corrected chi connectivity index (χ3v) is 1.49. The Kier molecular flexibility index (Phi) is 2.61. The van der Waals surface area contributed by atoms with Crippen molar-refractivity contribution < 1.29 is 23.0 Å². The van der Waals surface area contributed by atoms with Crippen molar-refractivity contribution in [1.29, 1.82) is 0 Å². The monoisotopic (exact) mass is 229 g/mol. The van der Waals surface area contributed by atoms with Crippen molar-refractivity contribution in [2.75, 3.05) is 0 Å². The molecule has 4 nitrogen and oxygen atoms in total. The predicted molar refractivity (Wildman–Crippen MR) is 40.4 cm³/mol. The second-order valence-corrected chi connectivity index (χ2v) is 2.57. The van der Waals surface area contributed by atoms with Crippen LogP contribution in [0.4, 0.5) is 13.2 Å². The van der Waals surface area contributed by atoms with E-state index in [0.717, 1.165) is 0 Å². The fraction of sp³-hybridized carbons (Fsp3) is 0.167. The Morgan fingerprint density at radius 1 is 1.50 bits per heavy atom. The van der Waals surface area contributed by atoms with E-state index < -0.39 is 28.4 Å². The lowest BCUT2D eigenvalue weighted by Crippen LogP contribution is -2.21. The maximum atomic E-state index is 11.7. The van der Waals surface area contributed by atoms with Crippen molar-refractivity contribution in [2.45, 2.75) is 6.36 Å². The first-order chi connectivity index (χ1) is 6.31. The van der Waals surface area contributed by atoms with Gasteiger partial charge in [-0.3, -0.25) is 4.79 Å². The fourth-order valence-corrected chi connectivity index (χ4v) is 0.820. The predicted octanol–water partition coefficient (Wildman–Crippen LogP) is 1.63. The van der Waals surface area contributed by atoms with Gasteiger partial charge in [0.15, 0.2) is 10.9 Å². The maximum Gasteiger partial charge on any atom is 0.573 e. The van der Waals surface area contributed by atoms with Gasteiger partial charge in [-0.25, -0.2) is 0 Å². The Morgan fingerprint density at radius 3 is 2.57 bits per heavy atom. The first-order valence-corrected chi connectivity index (χ1v) is 3.55. The molecule has 78 valence electrons. The summed E-state index contributed by atoms with van der Waals surface area (Å²) in [4.78, 5) is 12.9. The number of nitrogens with one attached hydrogen (secondary N) is 1. The quantitative estimate of drug-likeness (QED) is 0.720. The maximum absolute atomic E-state index is 11.7. The van der Waals surface area contributed by atoms with Crippen LogP contribution in [0, 0.1) is 0 Å². The van der Waals surface area contributed by atoms with Crippen LogP contribution in [0.5, 0.6) is 11.5 Å². The molecule has 0 spiro atoms. The highest BCUT2D eigenvalue weighted by Gasteiger charge is 2.32. The third kappa shape index (κ3) is 2.32. The van der Waals surface area contributed by atoms with Crippen LogP contribution < -0.4 is 10.2 Å². The third-order valence-electron chi connectivity index (χ3n) is 1.20. The molecule has 0 amide bonds. The molecule has 0 aliphatic rings. The Balaban J connectivity index is 3.13. The number of alkyl halides is 3. The number of hydrogen-bond donors (Lipinski definition) is 2. The van der Waals surface area contributed by atoms with Crippen molar-refractivity contribution in [3.8, 4) is 11.5 Å².